The van der Waals surface area contributed by atoms with E-state index in [0.717, 1.165) is 38.1 Å². The molecule has 0 radical (unpaired) electrons. The van der Waals surface area contributed by atoms with Crippen LogP contribution in [0.4, 0.5) is 8.78 Å². The van der Waals surface area contributed by atoms with E-state index in [9.17, 15) is 13.6 Å². The predicted octanol–water partition coefficient (Wildman–Crippen LogP) is 2.47. The van der Waals surface area contributed by atoms with Crippen molar-refractivity contribution in [3.05, 3.63) is 33.8 Å². The summed E-state index contributed by atoms with van der Waals surface area (Å²) in [6.45, 7) is 2.73. The molecule has 0 unspecified atom stereocenters. The number of carbonyl (C=O) groups excluding carboxylic acids is 1. The van der Waals surface area contributed by atoms with Gasteiger partial charge in [0.25, 0.3) is 5.91 Å². The largest absolute Gasteiger partial charge is 0.384 e. The fourth-order valence-corrected chi connectivity index (χ4v) is 3.19. The highest BCUT2D eigenvalue weighted by molar-refractivity contribution is 9.10. The topological polar surface area (TPSA) is 50.4 Å². The number of hydrogen-bond acceptors (Lipinski definition) is 3. The summed E-state index contributed by atoms with van der Waals surface area (Å²) in [6, 6.07) is 1.86. The number of hydrogen-bond donors (Lipinski definition) is 2. The third kappa shape index (κ3) is 4.02. The Morgan fingerprint density at radius 3 is 2.64 bits per heavy atom. The van der Waals surface area contributed by atoms with E-state index < -0.39 is 17.5 Å². The summed E-state index contributed by atoms with van der Waals surface area (Å²) < 4.78 is 31.9. The van der Waals surface area contributed by atoms with Crippen LogP contribution in [0, 0.1) is 17.0 Å². The van der Waals surface area contributed by atoms with Crippen LogP contribution in [0.3, 0.4) is 0 Å². The van der Waals surface area contributed by atoms with Crippen molar-refractivity contribution in [1.82, 2.24) is 10.6 Å². The molecule has 7 heteroatoms. The summed E-state index contributed by atoms with van der Waals surface area (Å²) >= 11 is 3.09. The molecule has 2 rings (SSSR count). The summed E-state index contributed by atoms with van der Waals surface area (Å²) in [5.74, 6) is -2.46. The Bertz CT molecular complexity index is 543. The van der Waals surface area contributed by atoms with E-state index in [2.05, 4.69) is 26.6 Å². The molecule has 1 aromatic rings. The second-order valence-corrected chi connectivity index (χ2v) is 6.47. The summed E-state index contributed by atoms with van der Waals surface area (Å²) in [5.41, 5.74) is -0.0406. The van der Waals surface area contributed by atoms with Crippen molar-refractivity contribution in [1.29, 1.82) is 0 Å². The van der Waals surface area contributed by atoms with Gasteiger partial charge in [-0.1, -0.05) is 0 Å². The fraction of sp³-hybridized carbons (Fsp3) is 0.533. The molecule has 4 nitrogen and oxygen atoms in total. The molecule has 0 atom stereocenters. The lowest BCUT2D eigenvalue weighted by atomic mass is 9.79. The van der Waals surface area contributed by atoms with Crippen LogP contribution in [0.1, 0.15) is 23.2 Å². The van der Waals surface area contributed by atoms with Gasteiger partial charge >= 0.3 is 0 Å². The van der Waals surface area contributed by atoms with Crippen molar-refractivity contribution in [3.8, 4) is 0 Å². The van der Waals surface area contributed by atoms with Gasteiger partial charge in [-0.25, -0.2) is 8.78 Å². The van der Waals surface area contributed by atoms with Gasteiger partial charge in [0, 0.05) is 23.5 Å². The van der Waals surface area contributed by atoms with Crippen LogP contribution in [-0.2, 0) is 4.74 Å². The Labute approximate surface area is 136 Å². The maximum atomic E-state index is 13.3. The first-order valence-corrected chi connectivity index (χ1v) is 7.89. The lowest BCUT2D eigenvalue weighted by Gasteiger charge is -2.37. The zero-order valence-corrected chi connectivity index (χ0v) is 13.9. The van der Waals surface area contributed by atoms with Gasteiger partial charge in [-0.15, -0.1) is 0 Å². The molecule has 2 N–H and O–H groups in total. The first-order valence-electron chi connectivity index (χ1n) is 7.10. The first-order chi connectivity index (χ1) is 10.5. The lowest BCUT2D eigenvalue weighted by Crippen LogP contribution is -2.47. The Hall–Kier alpha value is -1.05. The van der Waals surface area contributed by atoms with Crippen LogP contribution in [-0.4, -0.2) is 39.3 Å². The molecule has 0 saturated carbocycles. The minimum Gasteiger partial charge on any atom is -0.384 e. The number of amides is 1. The Balaban J connectivity index is 2.06. The molecule has 0 spiro atoms. The number of carbonyl (C=O) groups is 1. The van der Waals surface area contributed by atoms with Crippen molar-refractivity contribution in [3.63, 3.8) is 0 Å². The number of piperidine rings is 1. The highest BCUT2D eigenvalue weighted by Crippen LogP contribution is 2.28. The first kappa shape index (κ1) is 17.3. The molecule has 0 bridgehead atoms. The summed E-state index contributed by atoms with van der Waals surface area (Å²) in [5, 5.41) is 6.09. The van der Waals surface area contributed by atoms with Crippen LogP contribution in [0.25, 0.3) is 0 Å². The second-order valence-electron chi connectivity index (χ2n) is 5.61. The molecular formula is C15H19BrF2N2O2. The van der Waals surface area contributed by atoms with Crippen molar-refractivity contribution in [2.45, 2.75) is 12.8 Å². The fourth-order valence-electron chi connectivity index (χ4n) is 2.70. The Morgan fingerprint density at radius 2 is 2.00 bits per heavy atom. The molecule has 1 heterocycles. The van der Waals surface area contributed by atoms with Crippen LogP contribution >= 0.6 is 15.9 Å². The average molecular weight is 377 g/mol. The van der Waals surface area contributed by atoms with Crippen LogP contribution in [0.15, 0.2) is 16.6 Å². The second kappa shape index (κ2) is 7.48. The van der Waals surface area contributed by atoms with Gasteiger partial charge in [-0.3, -0.25) is 4.79 Å². The predicted molar refractivity (Wildman–Crippen MR) is 82.8 cm³/mol. The maximum absolute atomic E-state index is 13.3. The monoisotopic (exact) mass is 376 g/mol. The van der Waals surface area contributed by atoms with E-state index in [1.54, 1.807) is 7.11 Å². The highest BCUT2D eigenvalue weighted by atomic mass is 79.9. The van der Waals surface area contributed by atoms with Crippen LogP contribution in [0.2, 0.25) is 0 Å². The molecule has 1 aliphatic rings. The van der Waals surface area contributed by atoms with Crippen molar-refractivity contribution in [2.75, 3.05) is 33.4 Å². The molecule has 1 fully saturated rings. The van der Waals surface area contributed by atoms with Gasteiger partial charge in [-0.2, -0.15) is 0 Å². The van der Waals surface area contributed by atoms with Crippen molar-refractivity contribution >= 4 is 21.8 Å². The summed E-state index contributed by atoms with van der Waals surface area (Å²) in [4.78, 5) is 12.2. The molecule has 0 aliphatic carbocycles. The normalized spacial score (nSPS) is 17.3. The molecule has 1 aliphatic heterocycles. The van der Waals surface area contributed by atoms with Gasteiger partial charge in [0.2, 0.25) is 0 Å². The number of nitrogens with one attached hydrogen (secondary N) is 2. The third-order valence-corrected chi connectivity index (χ3v) is 4.65. The smallest absolute Gasteiger partial charge is 0.252 e. The molecule has 0 aromatic heterocycles. The molecule has 122 valence electrons. The van der Waals surface area contributed by atoms with E-state index in [0.29, 0.717) is 13.2 Å². The van der Waals surface area contributed by atoms with Gasteiger partial charge in [0.05, 0.1) is 12.2 Å². The molecule has 22 heavy (non-hydrogen) atoms. The minimum absolute atomic E-state index is 0.0837. The number of halogens is 3. The summed E-state index contributed by atoms with van der Waals surface area (Å²) in [7, 11) is 1.64. The number of ether oxygens (including phenoxy) is 1. The highest BCUT2D eigenvalue weighted by Gasteiger charge is 2.32. The lowest BCUT2D eigenvalue weighted by molar-refractivity contribution is 0.0511. The van der Waals surface area contributed by atoms with Gasteiger partial charge in [0.1, 0.15) is 0 Å². The third-order valence-electron chi connectivity index (χ3n) is 3.99. The van der Waals surface area contributed by atoms with Gasteiger partial charge in [0.15, 0.2) is 11.6 Å². The van der Waals surface area contributed by atoms with E-state index in [-0.39, 0.29) is 15.5 Å². The zero-order chi connectivity index (χ0) is 16.2. The van der Waals surface area contributed by atoms with E-state index in [4.69, 9.17) is 4.74 Å². The quantitative estimate of drug-likeness (QED) is 0.776. The Kier molecular flexibility index (Phi) is 5.88. The summed E-state index contributed by atoms with van der Waals surface area (Å²) in [6.07, 6.45) is 1.78. The zero-order valence-electron chi connectivity index (χ0n) is 12.3. The van der Waals surface area contributed by atoms with Crippen LogP contribution in [0.5, 0.6) is 0 Å². The van der Waals surface area contributed by atoms with Crippen molar-refractivity contribution < 1.29 is 18.3 Å². The number of rotatable bonds is 5. The van der Waals surface area contributed by atoms with Crippen molar-refractivity contribution in [2.24, 2.45) is 5.41 Å². The van der Waals surface area contributed by atoms with Crippen LogP contribution < -0.4 is 10.6 Å². The number of benzene rings is 1. The average Bonchev–Trinajstić information content (AvgIpc) is 2.50. The van der Waals surface area contributed by atoms with Gasteiger partial charge in [-0.05, 0) is 54.0 Å². The van der Waals surface area contributed by atoms with E-state index in [1.807, 2.05) is 0 Å². The van der Waals surface area contributed by atoms with Gasteiger partial charge < -0.3 is 15.4 Å². The van der Waals surface area contributed by atoms with E-state index >= 15 is 0 Å². The maximum Gasteiger partial charge on any atom is 0.252 e. The molecule has 1 amide bonds. The number of methoxy groups -OCH3 is 1. The van der Waals surface area contributed by atoms with E-state index in [1.165, 1.54) is 0 Å². The standard InChI is InChI=1S/C15H19BrF2N2O2/c1-22-9-15(2-4-19-5-3-15)8-20-14(21)10-6-12(17)13(18)7-11(10)16/h6-7,19H,2-5,8-9H2,1H3,(H,20,21). The molecular weight excluding hydrogens is 358 g/mol. The minimum atomic E-state index is -1.04. The SMILES string of the molecule is COCC1(CNC(=O)c2cc(F)c(F)cc2Br)CCNCC1. The molecule has 1 saturated heterocycles. The Morgan fingerprint density at radius 1 is 1.36 bits per heavy atom. The molecule has 1 aromatic carbocycles.